The van der Waals surface area contributed by atoms with Gasteiger partial charge in [-0.25, -0.2) is 15.0 Å². The van der Waals surface area contributed by atoms with Crippen molar-refractivity contribution in [3.05, 3.63) is 89.3 Å². The Morgan fingerprint density at radius 2 is 0.825 bits per heavy atom. The van der Waals surface area contributed by atoms with Crippen LogP contribution in [-0.4, -0.2) is 54.8 Å². The maximum atomic E-state index is 4.71. The summed E-state index contributed by atoms with van der Waals surface area (Å²) < 4.78 is 0. The zero-order chi connectivity index (χ0) is 27.0. The second-order valence-corrected chi connectivity index (χ2v) is 11.0. The molecule has 0 atom stereocenters. The predicted molar refractivity (Wildman–Crippen MR) is 163 cm³/mol. The molecule has 0 bridgehead atoms. The smallest absolute Gasteiger partial charge is 0.184 e. The van der Waals surface area contributed by atoms with Crippen LogP contribution in [0.2, 0.25) is 0 Å². The van der Waals surface area contributed by atoms with E-state index < -0.39 is 0 Å². The van der Waals surface area contributed by atoms with E-state index in [-0.39, 0.29) is 0 Å². The molecule has 0 aliphatic carbocycles. The van der Waals surface area contributed by atoms with E-state index >= 15 is 0 Å². The van der Waals surface area contributed by atoms with E-state index in [1.165, 1.54) is 0 Å². The molecule has 3 N–H and O–H groups in total. The second-order valence-electron chi connectivity index (χ2n) is 8.43. The summed E-state index contributed by atoms with van der Waals surface area (Å²) in [6, 6.07) is 17.5. The first kappa shape index (κ1) is 26.0. The quantitative estimate of drug-likeness (QED) is 0.147. The molecule has 6 aromatic heterocycles. The maximum absolute atomic E-state index is 4.71. The van der Waals surface area contributed by atoms with Crippen LogP contribution in [0.15, 0.2) is 89.3 Å². The first-order chi connectivity index (χ1) is 19.8. The zero-order valence-corrected chi connectivity index (χ0v) is 23.6. The molecular formula is C27H24N10S3. The van der Waals surface area contributed by atoms with Crippen LogP contribution in [0.4, 0.5) is 15.4 Å². The van der Waals surface area contributed by atoms with Gasteiger partial charge < -0.3 is 16.0 Å². The molecule has 0 saturated carbocycles. The first-order valence-corrected chi connectivity index (χ1v) is 15.0. The Balaban J connectivity index is 1.11. The number of rotatable bonds is 12. The van der Waals surface area contributed by atoms with E-state index in [1.807, 2.05) is 70.7 Å². The van der Waals surface area contributed by atoms with E-state index in [0.29, 0.717) is 20.0 Å². The van der Waals surface area contributed by atoms with Gasteiger partial charge in [-0.05, 0) is 36.4 Å². The molecule has 10 nitrogen and oxygen atoms in total. The fourth-order valence-electron chi connectivity index (χ4n) is 3.67. The lowest BCUT2D eigenvalue weighted by atomic mass is 10.3. The summed E-state index contributed by atoms with van der Waals surface area (Å²) in [4.78, 5) is 29.5. The molecule has 0 radical (unpaired) electrons. The molecule has 6 heterocycles. The Kier molecular flexibility index (Phi) is 8.24. The predicted octanol–water partition coefficient (Wildman–Crippen LogP) is 6.05. The Morgan fingerprint density at radius 1 is 0.475 bits per heavy atom. The van der Waals surface area contributed by atoms with Crippen LogP contribution in [0.25, 0.3) is 34.2 Å². The minimum Gasteiger partial charge on any atom is -0.349 e. The molecule has 0 amide bonds. The number of nitrogens with one attached hydrogen (secondary N) is 3. The average Bonchev–Trinajstić information content (AvgIpc) is 3.80. The zero-order valence-electron chi connectivity index (χ0n) is 21.1. The van der Waals surface area contributed by atoms with Gasteiger partial charge in [-0.1, -0.05) is 18.2 Å². The normalized spacial score (nSPS) is 11.0. The summed E-state index contributed by atoms with van der Waals surface area (Å²) in [6.45, 7) is 1.64. The topological polar surface area (TPSA) is 117 Å². The number of pyridine rings is 3. The highest BCUT2D eigenvalue weighted by Crippen LogP contribution is 2.25. The van der Waals surface area contributed by atoms with Gasteiger partial charge in [-0.15, -0.1) is 34.0 Å². The highest BCUT2D eigenvalue weighted by Gasteiger charge is 2.12. The third kappa shape index (κ3) is 6.63. The van der Waals surface area contributed by atoms with Gasteiger partial charge in [0.2, 0.25) is 0 Å². The number of hydrogen-bond donors (Lipinski definition) is 3. The monoisotopic (exact) mass is 584 g/mol. The fraction of sp³-hybridized carbons (Fsp3) is 0.111. The van der Waals surface area contributed by atoms with Crippen molar-refractivity contribution in [1.29, 1.82) is 0 Å². The lowest BCUT2D eigenvalue weighted by molar-refractivity contribution is 0.335. The molecule has 0 saturated heterocycles. The van der Waals surface area contributed by atoms with Crippen LogP contribution in [0, 0.1) is 0 Å². The number of hydrogen-bond acceptors (Lipinski definition) is 13. The summed E-state index contributed by atoms with van der Waals surface area (Å²) in [5.41, 5.74) is 5.12. The van der Waals surface area contributed by atoms with Gasteiger partial charge >= 0.3 is 0 Å². The highest BCUT2D eigenvalue weighted by molar-refractivity contribution is 7.14. The van der Waals surface area contributed by atoms with Crippen LogP contribution in [-0.2, 0) is 0 Å². The van der Waals surface area contributed by atoms with Gasteiger partial charge in [0, 0.05) is 34.7 Å². The lowest BCUT2D eigenvalue weighted by Gasteiger charge is -2.23. The first-order valence-electron chi connectivity index (χ1n) is 12.3. The highest BCUT2D eigenvalue weighted by atomic mass is 32.1. The number of aromatic nitrogens is 6. The van der Waals surface area contributed by atoms with Crippen LogP contribution >= 0.6 is 34.0 Å². The summed E-state index contributed by atoms with van der Waals surface area (Å²) in [7, 11) is 0. The van der Waals surface area contributed by atoms with Gasteiger partial charge in [-0.2, -0.15) is 0 Å². The van der Waals surface area contributed by atoms with E-state index in [1.54, 1.807) is 52.6 Å². The summed E-state index contributed by atoms with van der Waals surface area (Å²) in [6.07, 6.45) is 5.32. The molecule has 40 heavy (non-hydrogen) atoms. The minimum absolute atomic E-state index is 0.548. The van der Waals surface area contributed by atoms with Gasteiger partial charge in [0.1, 0.15) is 17.1 Å². The van der Waals surface area contributed by atoms with E-state index in [9.17, 15) is 0 Å². The molecule has 0 fully saturated rings. The van der Waals surface area contributed by atoms with Crippen LogP contribution < -0.4 is 16.0 Å². The molecule has 0 unspecified atom stereocenters. The van der Waals surface area contributed by atoms with Crippen molar-refractivity contribution in [2.45, 2.75) is 0 Å². The van der Waals surface area contributed by atoms with Crippen molar-refractivity contribution in [3.63, 3.8) is 0 Å². The molecule has 6 aromatic rings. The lowest BCUT2D eigenvalue weighted by Crippen LogP contribution is -2.37. The number of anilines is 3. The Labute approximate surface area is 242 Å². The minimum atomic E-state index is 0.548. The SMILES string of the molecule is c1ccc(-c2csc(NCN(CNc3nc(-c4ccccn4)cs3)CNc3nc(-c4ccccn4)cs3)n2)nc1. The standard InChI is InChI=1S/C27H24N10S3/c1-4-10-28-19(7-1)22-13-38-25(34-22)31-16-37(17-32-26-35-23(14-39-26)20-8-2-5-11-29-20)18-33-27-36-24(15-40-27)21-9-3-6-12-30-21/h1-15H,16-18H2,(H,31,34)(H,32,35)(H,33,36). The van der Waals surface area contributed by atoms with Gasteiger partial charge in [0.15, 0.2) is 15.4 Å². The third-order valence-electron chi connectivity index (χ3n) is 5.66. The molecule has 13 heteroatoms. The van der Waals surface area contributed by atoms with Crippen molar-refractivity contribution >= 4 is 49.4 Å². The number of nitrogens with zero attached hydrogens (tertiary/aromatic N) is 7. The average molecular weight is 585 g/mol. The fourth-order valence-corrected chi connectivity index (χ4v) is 5.75. The molecule has 0 spiro atoms. The second kappa shape index (κ2) is 12.7. The summed E-state index contributed by atoms with van der Waals surface area (Å²) in [5, 5.41) is 18.8. The van der Waals surface area contributed by atoms with Crippen molar-refractivity contribution < 1.29 is 0 Å². The molecule has 6 rings (SSSR count). The Bertz CT molecular complexity index is 1430. The van der Waals surface area contributed by atoms with Crippen molar-refractivity contribution in [2.75, 3.05) is 36.0 Å². The molecule has 200 valence electrons. The van der Waals surface area contributed by atoms with Gasteiger partial charge in [0.25, 0.3) is 0 Å². The van der Waals surface area contributed by atoms with Crippen LogP contribution in [0.3, 0.4) is 0 Å². The van der Waals surface area contributed by atoms with Crippen molar-refractivity contribution in [3.8, 4) is 34.2 Å². The van der Waals surface area contributed by atoms with E-state index in [0.717, 1.165) is 49.6 Å². The maximum Gasteiger partial charge on any atom is 0.184 e. The third-order valence-corrected chi connectivity index (χ3v) is 8.06. The van der Waals surface area contributed by atoms with Crippen molar-refractivity contribution in [1.82, 2.24) is 34.8 Å². The largest absolute Gasteiger partial charge is 0.349 e. The van der Waals surface area contributed by atoms with Crippen LogP contribution in [0.1, 0.15) is 0 Å². The summed E-state index contributed by atoms with van der Waals surface area (Å²) >= 11 is 4.66. The Hall–Kier alpha value is -4.30. The van der Waals surface area contributed by atoms with E-state index in [4.69, 9.17) is 15.0 Å². The summed E-state index contributed by atoms with van der Waals surface area (Å²) in [5.74, 6) is 0. The number of thiazole rings is 3. The van der Waals surface area contributed by atoms with Crippen LogP contribution in [0.5, 0.6) is 0 Å². The molecular weight excluding hydrogens is 561 g/mol. The van der Waals surface area contributed by atoms with E-state index in [2.05, 4.69) is 35.8 Å². The molecule has 0 aliphatic heterocycles. The van der Waals surface area contributed by atoms with Gasteiger partial charge in [-0.3, -0.25) is 19.9 Å². The van der Waals surface area contributed by atoms with Gasteiger partial charge in [0.05, 0.1) is 37.1 Å². The van der Waals surface area contributed by atoms with Crippen molar-refractivity contribution in [2.24, 2.45) is 0 Å². The molecule has 0 aliphatic rings. The molecule has 0 aromatic carbocycles. The Morgan fingerprint density at radius 3 is 1.12 bits per heavy atom.